The molecule has 40 heavy (non-hydrogen) atoms. The molecule has 3 heterocycles. The zero-order chi connectivity index (χ0) is 28.3. The molecule has 2 amide bonds. The van der Waals surface area contributed by atoms with E-state index in [0.717, 1.165) is 13.1 Å². The molecular weight excluding hydrogens is 510 g/mol. The lowest BCUT2D eigenvalue weighted by Crippen LogP contribution is -2.52. The van der Waals surface area contributed by atoms with E-state index < -0.39 is 23.1 Å². The molecule has 2 aromatic carbocycles. The van der Waals surface area contributed by atoms with Gasteiger partial charge in [-0.3, -0.25) is 19.3 Å². The highest BCUT2D eigenvalue weighted by Gasteiger charge is 2.66. The minimum Gasteiger partial charge on any atom is -0.507 e. The molecule has 2 aromatic rings. The molecule has 0 bridgehead atoms. The van der Waals surface area contributed by atoms with Gasteiger partial charge in [0.1, 0.15) is 18.1 Å². The van der Waals surface area contributed by atoms with Crippen LogP contribution in [0.5, 0.6) is 5.75 Å². The number of morpholine rings is 1. The van der Waals surface area contributed by atoms with Gasteiger partial charge in [0, 0.05) is 43.9 Å². The number of hydrogen-bond donors (Lipinski definition) is 1. The number of likely N-dealkylation sites (tertiary alicyclic amines) is 1. The number of benzene rings is 2. The Balaban J connectivity index is 1.61. The number of hydrogen-bond acceptors (Lipinski definition) is 7. The number of anilines is 1. The van der Waals surface area contributed by atoms with Crippen LogP contribution in [0.4, 0.5) is 5.69 Å². The minimum absolute atomic E-state index is 0.188. The highest BCUT2D eigenvalue weighted by Crippen LogP contribution is 2.53. The minimum atomic E-state index is -1.74. The monoisotopic (exact) mass is 545 g/mol. The first-order valence-corrected chi connectivity index (χ1v) is 13.8. The number of fused-ring (bicyclic) bond motifs is 2. The van der Waals surface area contributed by atoms with Crippen molar-refractivity contribution in [3.8, 4) is 5.75 Å². The van der Waals surface area contributed by atoms with E-state index in [4.69, 9.17) is 9.47 Å². The van der Waals surface area contributed by atoms with E-state index in [1.165, 1.54) is 4.90 Å². The van der Waals surface area contributed by atoms with E-state index in [-0.39, 0.29) is 17.9 Å². The summed E-state index contributed by atoms with van der Waals surface area (Å²) in [7, 11) is 0. The molecule has 0 unspecified atom stereocenters. The lowest BCUT2D eigenvalue weighted by molar-refractivity contribution is -0.143. The Kier molecular flexibility index (Phi) is 8.04. The molecule has 1 N–H and O–H groups in total. The largest absolute Gasteiger partial charge is 0.507 e. The molecule has 3 aliphatic rings. The first-order valence-electron chi connectivity index (χ1n) is 13.8. The predicted octanol–water partition coefficient (Wildman–Crippen LogP) is 3.31. The summed E-state index contributed by atoms with van der Waals surface area (Å²) >= 11 is 0. The van der Waals surface area contributed by atoms with E-state index in [9.17, 15) is 19.5 Å². The molecule has 0 saturated carbocycles. The first kappa shape index (κ1) is 27.6. The maximum Gasteiger partial charge on any atom is 0.296 e. The van der Waals surface area contributed by atoms with E-state index in [1.54, 1.807) is 47.4 Å². The van der Waals surface area contributed by atoms with Crippen molar-refractivity contribution in [1.29, 1.82) is 0 Å². The molecule has 0 aromatic heterocycles. The molecule has 0 radical (unpaired) electrons. The van der Waals surface area contributed by atoms with E-state index in [0.29, 0.717) is 68.3 Å². The number of nitrogens with zero attached hydrogens (tertiary/aromatic N) is 3. The molecule has 2 saturated heterocycles. The molecule has 2 fully saturated rings. The summed E-state index contributed by atoms with van der Waals surface area (Å²) in [4.78, 5) is 47.1. The van der Waals surface area contributed by atoms with Gasteiger partial charge in [-0.2, -0.15) is 0 Å². The number of carbonyl (C=O) groups excluding carboxylic acids is 3. The van der Waals surface area contributed by atoms with Crippen LogP contribution >= 0.6 is 0 Å². The summed E-state index contributed by atoms with van der Waals surface area (Å²) in [6, 6.07) is 13.8. The Morgan fingerprint density at radius 3 is 2.48 bits per heavy atom. The molecule has 9 heteroatoms. The number of para-hydroxylation sites is 1. The Morgan fingerprint density at radius 1 is 1.05 bits per heavy atom. The average molecular weight is 546 g/mol. The molecule has 1 spiro atoms. The summed E-state index contributed by atoms with van der Waals surface area (Å²) in [5.74, 6) is -1.86. The zero-order valence-electron chi connectivity index (χ0n) is 22.8. The number of ether oxygens (including phenoxy) is 2. The van der Waals surface area contributed by atoms with Gasteiger partial charge in [-0.15, -0.1) is 0 Å². The quantitative estimate of drug-likeness (QED) is 0.212. The summed E-state index contributed by atoms with van der Waals surface area (Å²) in [6.45, 7) is 10.1. The molecule has 9 nitrogen and oxygen atoms in total. The number of aliphatic hydroxyl groups excluding tert-OH is 1. The molecule has 3 aliphatic heterocycles. The van der Waals surface area contributed by atoms with Gasteiger partial charge in [-0.1, -0.05) is 37.8 Å². The Labute approximate surface area is 234 Å². The molecule has 5 rings (SSSR count). The van der Waals surface area contributed by atoms with Crippen LogP contribution in [0.2, 0.25) is 0 Å². The SMILES string of the molecule is C=CCOc1ccc(C(O)=C2C(=O)C(=O)N(CCCN3CCOCC3)[C@]23C(=O)N(CCC)c2ccccc23)cc1. The summed E-state index contributed by atoms with van der Waals surface area (Å²) in [5.41, 5.74) is -0.442. The zero-order valence-corrected chi connectivity index (χ0v) is 22.8. The van der Waals surface area contributed by atoms with Crippen LogP contribution in [-0.2, 0) is 24.7 Å². The predicted molar refractivity (Wildman–Crippen MR) is 151 cm³/mol. The second-order valence-electron chi connectivity index (χ2n) is 10.1. The van der Waals surface area contributed by atoms with Crippen molar-refractivity contribution in [3.63, 3.8) is 0 Å². The third-order valence-electron chi connectivity index (χ3n) is 7.71. The smallest absolute Gasteiger partial charge is 0.296 e. The van der Waals surface area contributed by atoms with Gasteiger partial charge in [0.25, 0.3) is 17.6 Å². The molecule has 210 valence electrons. The highest BCUT2D eigenvalue weighted by atomic mass is 16.5. The standard InChI is InChI=1S/C31H35N3O6/c1-3-14-33-25-9-6-5-8-24(25)31(30(33)38)26(27(35)22-10-12-23(13-11-22)40-19-4-2)28(36)29(37)34(31)16-7-15-32-17-20-39-21-18-32/h4-6,8-13,35H,2-3,7,14-21H2,1H3/t31-/m0/s1. The summed E-state index contributed by atoms with van der Waals surface area (Å²) in [6.07, 6.45) is 2.87. The van der Waals surface area contributed by atoms with Gasteiger partial charge in [0.2, 0.25) is 0 Å². The number of amides is 2. The Morgan fingerprint density at radius 2 is 1.77 bits per heavy atom. The van der Waals surface area contributed by atoms with Gasteiger partial charge >= 0.3 is 0 Å². The van der Waals surface area contributed by atoms with Gasteiger partial charge < -0.3 is 24.4 Å². The van der Waals surface area contributed by atoms with E-state index in [2.05, 4.69) is 11.5 Å². The van der Waals surface area contributed by atoms with Crippen LogP contribution in [0.1, 0.15) is 30.9 Å². The van der Waals surface area contributed by atoms with Crippen molar-refractivity contribution in [3.05, 3.63) is 77.9 Å². The number of rotatable bonds is 10. The number of carbonyl (C=O) groups is 3. The highest BCUT2D eigenvalue weighted by molar-refractivity contribution is 6.50. The van der Waals surface area contributed by atoms with Crippen LogP contribution in [0.3, 0.4) is 0 Å². The summed E-state index contributed by atoms with van der Waals surface area (Å²) < 4.78 is 11.0. The Hall–Kier alpha value is -3.95. The van der Waals surface area contributed by atoms with Gasteiger partial charge in [-0.05, 0) is 43.2 Å². The molecule has 0 aliphatic carbocycles. The van der Waals surface area contributed by atoms with Gasteiger partial charge in [-0.25, -0.2) is 0 Å². The van der Waals surface area contributed by atoms with Crippen molar-refractivity contribution in [1.82, 2.24) is 9.80 Å². The molecular formula is C31H35N3O6. The van der Waals surface area contributed by atoms with E-state index in [1.807, 2.05) is 19.1 Å². The van der Waals surface area contributed by atoms with Gasteiger partial charge in [0.05, 0.1) is 24.5 Å². The van der Waals surface area contributed by atoms with Crippen LogP contribution in [-0.4, -0.2) is 85.0 Å². The van der Waals surface area contributed by atoms with Crippen molar-refractivity contribution in [2.75, 3.05) is 57.4 Å². The maximum atomic E-state index is 14.4. The topological polar surface area (TPSA) is 99.6 Å². The number of aliphatic hydroxyl groups is 1. The summed E-state index contributed by atoms with van der Waals surface area (Å²) in [5, 5.41) is 11.6. The molecule has 1 atom stereocenters. The van der Waals surface area contributed by atoms with E-state index >= 15 is 0 Å². The Bertz CT molecular complexity index is 1330. The van der Waals surface area contributed by atoms with Crippen molar-refractivity contribution in [2.24, 2.45) is 0 Å². The maximum absolute atomic E-state index is 14.4. The lowest BCUT2D eigenvalue weighted by atomic mass is 9.82. The second kappa shape index (κ2) is 11.7. The van der Waals surface area contributed by atoms with Gasteiger partial charge in [0.15, 0.2) is 5.54 Å². The van der Waals surface area contributed by atoms with Crippen molar-refractivity contribution >= 4 is 29.0 Å². The average Bonchev–Trinajstić information content (AvgIpc) is 3.35. The van der Waals surface area contributed by atoms with Crippen LogP contribution in [0, 0.1) is 0 Å². The fourth-order valence-electron chi connectivity index (χ4n) is 5.90. The fourth-order valence-corrected chi connectivity index (χ4v) is 5.90. The first-order chi connectivity index (χ1) is 19.4. The lowest BCUT2D eigenvalue weighted by Gasteiger charge is -2.35. The third-order valence-corrected chi connectivity index (χ3v) is 7.71. The van der Waals surface area contributed by atoms with Crippen molar-refractivity contribution < 1.29 is 29.0 Å². The number of Topliss-reactive ketones (excluding diaryl/α,β-unsaturated/α-hetero) is 1. The van der Waals surface area contributed by atoms with Crippen LogP contribution < -0.4 is 9.64 Å². The normalized spacial score (nSPS) is 22.3. The van der Waals surface area contributed by atoms with Crippen LogP contribution in [0.25, 0.3) is 5.76 Å². The third kappa shape index (κ3) is 4.59. The fraction of sp³-hybridized carbons (Fsp3) is 0.387. The van der Waals surface area contributed by atoms with Crippen LogP contribution in [0.15, 0.2) is 66.8 Å². The number of ketones is 1. The van der Waals surface area contributed by atoms with Crippen molar-refractivity contribution in [2.45, 2.75) is 25.3 Å². The second-order valence-corrected chi connectivity index (χ2v) is 10.1.